The number of halogens is 1. The standard InChI is InChI=1S/C12H14ClNO5S/c1-6-11(20(13,16)17)5-10(18-6)12(15)14-8-4-7-2-3-9(8)19-7/h5,7-9H,2-4H2,1H3,(H,14,15). The molecule has 6 nitrogen and oxygen atoms in total. The van der Waals surface area contributed by atoms with Crippen molar-refractivity contribution in [1.82, 2.24) is 5.32 Å². The predicted octanol–water partition coefficient (Wildman–Crippen LogP) is 1.57. The molecule has 3 unspecified atom stereocenters. The van der Waals surface area contributed by atoms with Gasteiger partial charge in [-0.1, -0.05) is 0 Å². The molecule has 2 aliphatic rings. The molecule has 0 aliphatic carbocycles. The molecule has 2 bridgehead atoms. The van der Waals surface area contributed by atoms with Gasteiger partial charge in [0, 0.05) is 16.7 Å². The number of hydrogen-bond donors (Lipinski definition) is 1. The number of nitrogens with one attached hydrogen (secondary N) is 1. The van der Waals surface area contributed by atoms with Gasteiger partial charge in [0.1, 0.15) is 10.7 Å². The van der Waals surface area contributed by atoms with Crippen LogP contribution in [-0.4, -0.2) is 32.6 Å². The summed E-state index contributed by atoms with van der Waals surface area (Å²) in [5.41, 5.74) is 0. The third-order valence-electron chi connectivity index (χ3n) is 3.78. The lowest BCUT2D eigenvalue weighted by atomic mass is 9.95. The fourth-order valence-electron chi connectivity index (χ4n) is 2.85. The van der Waals surface area contributed by atoms with Gasteiger partial charge in [-0.15, -0.1) is 0 Å². The van der Waals surface area contributed by atoms with Gasteiger partial charge in [0.25, 0.3) is 15.0 Å². The highest BCUT2D eigenvalue weighted by Crippen LogP contribution is 2.34. The Morgan fingerprint density at radius 2 is 2.20 bits per heavy atom. The van der Waals surface area contributed by atoms with Gasteiger partial charge in [-0.25, -0.2) is 8.42 Å². The van der Waals surface area contributed by atoms with Crippen molar-refractivity contribution in [1.29, 1.82) is 0 Å². The van der Waals surface area contributed by atoms with Gasteiger partial charge in [0.05, 0.1) is 18.2 Å². The summed E-state index contributed by atoms with van der Waals surface area (Å²) in [4.78, 5) is 11.9. The smallest absolute Gasteiger partial charge is 0.287 e. The van der Waals surface area contributed by atoms with Crippen molar-refractivity contribution < 1.29 is 22.4 Å². The summed E-state index contributed by atoms with van der Waals surface area (Å²) in [5.74, 6) is -0.389. The van der Waals surface area contributed by atoms with Crippen LogP contribution in [0.15, 0.2) is 15.4 Å². The van der Waals surface area contributed by atoms with Crippen LogP contribution < -0.4 is 5.32 Å². The van der Waals surface area contributed by atoms with Gasteiger partial charge in [-0.3, -0.25) is 4.79 Å². The molecular formula is C12H14ClNO5S. The number of fused-ring (bicyclic) bond motifs is 2. The fraction of sp³-hybridized carbons (Fsp3) is 0.583. The summed E-state index contributed by atoms with van der Waals surface area (Å²) in [6, 6.07) is 1.11. The number of amides is 1. The number of furan rings is 1. The predicted molar refractivity (Wildman–Crippen MR) is 70.3 cm³/mol. The van der Waals surface area contributed by atoms with Crippen LogP contribution in [0.25, 0.3) is 0 Å². The molecule has 20 heavy (non-hydrogen) atoms. The summed E-state index contributed by atoms with van der Waals surface area (Å²) in [6.07, 6.45) is 3.04. The highest BCUT2D eigenvalue weighted by Gasteiger charge is 2.41. The highest BCUT2D eigenvalue weighted by molar-refractivity contribution is 8.13. The number of hydrogen-bond acceptors (Lipinski definition) is 5. The van der Waals surface area contributed by atoms with Gasteiger partial charge < -0.3 is 14.5 Å². The molecule has 3 heterocycles. The third kappa shape index (κ3) is 2.45. The summed E-state index contributed by atoms with van der Waals surface area (Å²) in [6.45, 7) is 1.45. The Morgan fingerprint density at radius 1 is 1.45 bits per heavy atom. The monoisotopic (exact) mass is 319 g/mol. The molecule has 1 aromatic heterocycles. The van der Waals surface area contributed by atoms with E-state index in [1.807, 2.05) is 0 Å². The summed E-state index contributed by atoms with van der Waals surface area (Å²) in [7, 11) is 1.36. The Morgan fingerprint density at radius 3 is 2.70 bits per heavy atom. The van der Waals surface area contributed by atoms with Crippen LogP contribution in [0.4, 0.5) is 0 Å². The largest absolute Gasteiger partial charge is 0.455 e. The average Bonchev–Trinajstić information content (AvgIpc) is 3.01. The first kappa shape index (κ1) is 13.9. The van der Waals surface area contributed by atoms with E-state index in [0.717, 1.165) is 25.3 Å². The third-order valence-corrected chi connectivity index (χ3v) is 5.21. The Labute approximate surface area is 120 Å². The minimum Gasteiger partial charge on any atom is -0.455 e. The molecule has 3 rings (SSSR count). The Hall–Kier alpha value is -1.05. The maximum Gasteiger partial charge on any atom is 0.287 e. The highest BCUT2D eigenvalue weighted by atomic mass is 35.7. The van der Waals surface area contributed by atoms with Crippen molar-refractivity contribution in [2.45, 2.75) is 49.3 Å². The SMILES string of the molecule is Cc1oc(C(=O)NC2CC3CCC2O3)cc1S(=O)(=O)Cl. The second-order valence-electron chi connectivity index (χ2n) is 5.16. The van der Waals surface area contributed by atoms with E-state index in [-0.39, 0.29) is 34.7 Å². The molecule has 3 atom stereocenters. The molecule has 1 aromatic rings. The molecule has 110 valence electrons. The van der Waals surface area contributed by atoms with E-state index in [1.54, 1.807) is 0 Å². The van der Waals surface area contributed by atoms with E-state index >= 15 is 0 Å². The molecule has 0 aromatic carbocycles. The molecule has 2 aliphatic heterocycles. The first-order chi connectivity index (χ1) is 9.34. The van der Waals surface area contributed by atoms with E-state index in [1.165, 1.54) is 6.92 Å². The lowest BCUT2D eigenvalue weighted by Gasteiger charge is -2.19. The number of rotatable bonds is 3. The summed E-state index contributed by atoms with van der Waals surface area (Å²) in [5, 5.41) is 2.82. The topological polar surface area (TPSA) is 85.6 Å². The van der Waals surface area contributed by atoms with Gasteiger partial charge in [-0.2, -0.15) is 0 Å². The molecular weight excluding hydrogens is 306 g/mol. The summed E-state index contributed by atoms with van der Waals surface area (Å²) < 4.78 is 33.4. The Balaban J connectivity index is 1.75. The molecule has 2 fully saturated rings. The zero-order chi connectivity index (χ0) is 14.5. The van der Waals surface area contributed by atoms with Crippen molar-refractivity contribution in [3.8, 4) is 0 Å². The van der Waals surface area contributed by atoms with E-state index in [4.69, 9.17) is 19.8 Å². The van der Waals surface area contributed by atoms with E-state index < -0.39 is 15.0 Å². The van der Waals surface area contributed by atoms with Gasteiger partial charge in [0.15, 0.2) is 5.76 Å². The maximum absolute atomic E-state index is 12.1. The maximum atomic E-state index is 12.1. The Kier molecular flexibility index (Phi) is 3.30. The van der Waals surface area contributed by atoms with Crippen LogP contribution in [0.1, 0.15) is 35.6 Å². The second-order valence-corrected chi connectivity index (χ2v) is 7.69. The first-order valence-electron chi connectivity index (χ1n) is 6.36. The van der Waals surface area contributed by atoms with Crippen LogP contribution in [0, 0.1) is 6.92 Å². The molecule has 8 heteroatoms. The minimum absolute atomic E-state index is 0.0392. The first-order valence-corrected chi connectivity index (χ1v) is 8.67. The Bertz CT molecular complexity index is 653. The van der Waals surface area contributed by atoms with Crippen LogP contribution in [0.5, 0.6) is 0 Å². The van der Waals surface area contributed by atoms with Crippen molar-refractivity contribution in [2.75, 3.05) is 0 Å². The molecule has 1 amide bonds. The molecule has 0 spiro atoms. The van der Waals surface area contributed by atoms with Gasteiger partial charge >= 0.3 is 0 Å². The molecule has 1 N–H and O–H groups in total. The van der Waals surface area contributed by atoms with Crippen molar-refractivity contribution in [2.24, 2.45) is 0 Å². The van der Waals surface area contributed by atoms with Crippen LogP contribution in [-0.2, 0) is 13.8 Å². The van der Waals surface area contributed by atoms with Crippen molar-refractivity contribution in [3.63, 3.8) is 0 Å². The normalized spacial score (nSPS) is 28.8. The average molecular weight is 320 g/mol. The number of aryl methyl sites for hydroxylation is 1. The van der Waals surface area contributed by atoms with Gasteiger partial charge in [-0.05, 0) is 26.2 Å². The second kappa shape index (κ2) is 4.75. The number of ether oxygens (including phenoxy) is 1. The van der Waals surface area contributed by atoms with Crippen LogP contribution >= 0.6 is 10.7 Å². The molecule has 0 radical (unpaired) electrons. The minimum atomic E-state index is -3.91. The van der Waals surface area contributed by atoms with Crippen LogP contribution in [0.2, 0.25) is 0 Å². The molecule has 0 saturated carbocycles. The van der Waals surface area contributed by atoms with Gasteiger partial charge in [0.2, 0.25) is 0 Å². The van der Waals surface area contributed by atoms with E-state index in [9.17, 15) is 13.2 Å². The number of carbonyl (C=O) groups excluding carboxylic acids is 1. The zero-order valence-electron chi connectivity index (χ0n) is 10.8. The zero-order valence-corrected chi connectivity index (χ0v) is 12.3. The lowest BCUT2D eigenvalue weighted by molar-refractivity contribution is 0.0820. The van der Waals surface area contributed by atoms with Crippen molar-refractivity contribution in [3.05, 3.63) is 17.6 Å². The number of carbonyl (C=O) groups is 1. The quantitative estimate of drug-likeness (QED) is 0.855. The van der Waals surface area contributed by atoms with Crippen LogP contribution in [0.3, 0.4) is 0 Å². The van der Waals surface area contributed by atoms with E-state index in [2.05, 4.69) is 5.32 Å². The van der Waals surface area contributed by atoms with Crippen molar-refractivity contribution >= 4 is 25.6 Å². The molecule has 2 saturated heterocycles. The lowest BCUT2D eigenvalue weighted by Crippen LogP contribution is -2.41. The van der Waals surface area contributed by atoms with E-state index in [0.29, 0.717) is 0 Å². The summed E-state index contributed by atoms with van der Waals surface area (Å²) >= 11 is 0. The fourth-order valence-corrected chi connectivity index (χ4v) is 3.94.